The molecule has 0 unspecified atom stereocenters. The quantitative estimate of drug-likeness (QED) is 0.459. The Labute approximate surface area is 156 Å². The molecular formula is C17H25NO7S. The van der Waals surface area contributed by atoms with Crippen LogP contribution in [0.4, 0.5) is 9.80 Å². The molecule has 0 saturated carbocycles. The first-order valence-corrected chi connectivity index (χ1v) is 9.28. The summed E-state index contributed by atoms with van der Waals surface area (Å²) in [6.07, 6.45) is 5.46. The van der Waals surface area contributed by atoms with Crippen LogP contribution in [0.1, 0.15) is 71.0 Å². The molecule has 1 aromatic heterocycles. The summed E-state index contributed by atoms with van der Waals surface area (Å²) in [4.78, 5) is 34.5. The summed E-state index contributed by atoms with van der Waals surface area (Å²) in [5.41, 5.74) is -0.269. The van der Waals surface area contributed by atoms with E-state index < -0.39 is 18.0 Å². The Morgan fingerprint density at radius 3 is 2.27 bits per heavy atom. The van der Waals surface area contributed by atoms with Crippen molar-refractivity contribution in [1.29, 1.82) is 0 Å². The zero-order valence-electron chi connectivity index (χ0n) is 15.0. The second kappa shape index (κ2) is 11.5. The number of carbonyl (C=O) groups excluding carboxylic acids is 1. The Balaban J connectivity index is 2.67. The van der Waals surface area contributed by atoms with Gasteiger partial charge in [-0.2, -0.15) is 0 Å². The van der Waals surface area contributed by atoms with Crippen LogP contribution in [-0.2, 0) is 16.1 Å². The number of carbonyl (C=O) groups is 3. The van der Waals surface area contributed by atoms with E-state index in [4.69, 9.17) is 9.47 Å². The molecule has 1 amide bonds. The molecule has 0 aliphatic heterocycles. The van der Waals surface area contributed by atoms with Crippen LogP contribution in [0.25, 0.3) is 0 Å². The highest BCUT2D eigenvalue weighted by atomic mass is 32.1. The Morgan fingerprint density at radius 1 is 1.04 bits per heavy atom. The van der Waals surface area contributed by atoms with Crippen LogP contribution < -0.4 is 5.32 Å². The third-order valence-electron chi connectivity index (χ3n) is 3.65. The van der Waals surface area contributed by atoms with Gasteiger partial charge in [-0.05, 0) is 6.42 Å². The summed E-state index contributed by atoms with van der Waals surface area (Å²) in [6.45, 7) is 2.17. The Bertz CT molecular complexity index is 627. The van der Waals surface area contributed by atoms with Crippen molar-refractivity contribution < 1.29 is 34.1 Å². The maximum atomic E-state index is 11.9. The van der Waals surface area contributed by atoms with Crippen LogP contribution in [0, 0.1) is 0 Å². The lowest BCUT2D eigenvalue weighted by Gasteiger charge is -2.07. The Morgan fingerprint density at radius 2 is 1.69 bits per heavy atom. The van der Waals surface area contributed by atoms with E-state index in [-0.39, 0.29) is 34.2 Å². The van der Waals surface area contributed by atoms with Crippen LogP contribution in [0.3, 0.4) is 0 Å². The van der Waals surface area contributed by atoms with Gasteiger partial charge < -0.3 is 19.7 Å². The van der Waals surface area contributed by atoms with Crippen molar-refractivity contribution in [2.75, 3.05) is 19.0 Å². The molecule has 146 valence electrons. The monoisotopic (exact) mass is 387 g/mol. The summed E-state index contributed by atoms with van der Waals surface area (Å²) in [7, 11) is 1.33. The lowest BCUT2D eigenvalue weighted by molar-refractivity contribution is 0.0693. The minimum Gasteiger partial charge on any atom is -0.478 e. The molecule has 0 aliphatic rings. The molecular weight excluding hydrogens is 362 g/mol. The van der Waals surface area contributed by atoms with Gasteiger partial charge in [0.25, 0.3) is 0 Å². The van der Waals surface area contributed by atoms with Gasteiger partial charge in [-0.25, -0.2) is 14.4 Å². The van der Waals surface area contributed by atoms with Gasteiger partial charge in [-0.1, -0.05) is 39.0 Å². The molecule has 8 nitrogen and oxygen atoms in total. The van der Waals surface area contributed by atoms with Crippen LogP contribution in [0.15, 0.2) is 0 Å². The van der Waals surface area contributed by atoms with Gasteiger partial charge in [0, 0.05) is 12.7 Å². The summed E-state index contributed by atoms with van der Waals surface area (Å²) < 4.78 is 9.93. The van der Waals surface area contributed by atoms with Gasteiger partial charge in [0.1, 0.15) is 15.4 Å². The lowest BCUT2D eigenvalue weighted by atomic mass is 10.1. The zero-order valence-corrected chi connectivity index (χ0v) is 15.8. The minimum absolute atomic E-state index is 0.0173. The number of hydrogen-bond acceptors (Lipinski definition) is 6. The van der Waals surface area contributed by atoms with Crippen molar-refractivity contribution in [3.05, 3.63) is 16.0 Å². The van der Waals surface area contributed by atoms with Crippen molar-refractivity contribution in [2.45, 2.75) is 52.1 Å². The molecule has 1 aromatic rings. The summed E-state index contributed by atoms with van der Waals surface area (Å²) in [6, 6.07) is 0. The van der Waals surface area contributed by atoms with Crippen molar-refractivity contribution in [2.24, 2.45) is 0 Å². The van der Waals surface area contributed by atoms with Gasteiger partial charge in [-0.15, -0.1) is 11.3 Å². The van der Waals surface area contributed by atoms with Gasteiger partial charge in [0.05, 0.1) is 13.2 Å². The Kier molecular flexibility index (Phi) is 9.67. The minimum atomic E-state index is -1.34. The number of hydrogen-bond donors (Lipinski definition) is 3. The van der Waals surface area contributed by atoms with Crippen molar-refractivity contribution in [1.82, 2.24) is 0 Å². The molecule has 0 saturated heterocycles. The van der Waals surface area contributed by atoms with E-state index in [1.807, 2.05) is 0 Å². The second-order valence-corrected chi connectivity index (χ2v) is 6.71. The number of nitrogens with one attached hydrogen (secondary N) is 1. The normalized spacial score (nSPS) is 10.5. The standard InChI is InChI=1S/C17H25NO7S/c1-3-4-5-6-7-8-9-25-17(23)18-14-12(15(19)20)11(10-24-2)13(26-14)16(21)22/h3-10H2,1-2H3,(H,18,23)(H,19,20)(H,21,22). The molecule has 0 atom stereocenters. The summed E-state index contributed by atoms with van der Waals surface area (Å²) >= 11 is 0.671. The molecule has 3 N–H and O–H groups in total. The van der Waals surface area contributed by atoms with Gasteiger partial charge in [0.15, 0.2) is 0 Å². The van der Waals surface area contributed by atoms with E-state index in [2.05, 4.69) is 12.2 Å². The average molecular weight is 387 g/mol. The fraction of sp³-hybridized carbons (Fsp3) is 0.588. The zero-order chi connectivity index (χ0) is 19.5. The Hall–Kier alpha value is -2.13. The number of ether oxygens (including phenoxy) is 2. The van der Waals surface area contributed by atoms with E-state index >= 15 is 0 Å². The smallest absolute Gasteiger partial charge is 0.412 e. The van der Waals surface area contributed by atoms with Gasteiger partial charge >= 0.3 is 18.0 Å². The molecule has 1 heterocycles. The molecule has 0 aliphatic carbocycles. The first-order valence-electron chi connectivity index (χ1n) is 8.47. The molecule has 1 rings (SSSR count). The van der Waals surface area contributed by atoms with E-state index in [1.54, 1.807) is 0 Å². The predicted octanol–water partition coefficient (Wildman–Crippen LogP) is 4.20. The number of anilines is 1. The number of unbranched alkanes of at least 4 members (excludes halogenated alkanes) is 5. The van der Waals surface area contributed by atoms with Crippen molar-refractivity contribution in [3.63, 3.8) is 0 Å². The molecule has 0 aromatic carbocycles. The van der Waals surface area contributed by atoms with Crippen LogP contribution in [-0.4, -0.2) is 42.0 Å². The number of amides is 1. The fourth-order valence-corrected chi connectivity index (χ4v) is 3.43. The largest absolute Gasteiger partial charge is 0.478 e. The summed E-state index contributed by atoms with van der Waals surface area (Å²) in [5, 5.41) is 20.9. The third kappa shape index (κ3) is 6.64. The molecule has 0 radical (unpaired) electrons. The highest BCUT2D eigenvalue weighted by Gasteiger charge is 2.27. The van der Waals surface area contributed by atoms with Crippen LogP contribution in [0.2, 0.25) is 0 Å². The number of methoxy groups -OCH3 is 1. The topological polar surface area (TPSA) is 122 Å². The first kappa shape index (κ1) is 21.9. The lowest BCUT2D eigenvalue weighted by Crippen LogP contribution is -2.16. The van der Waals surface area contributed by atoms with E-state index in [9.17, 15) is 24.6 Å². The maximum absolute atomic E-state index is 11.9. The maximum Gasteiger partial charge on any atom is 0.412 e. The van der Waals surface area contributed by atoms with E-state index in [1.165, 1.54) is 13.5 Å². The van der Waals surface area contributed by atoms with Crippen LogP contribution >= 0.6 is 11.3 Å². The third-order valence-corrected chi connectivity index (χ3v) is 4.79. The number of aromatic carboxylic acids is 2. The van der Waals surface area contributed by atoms with E-state index in [0.29, 0.717) is 11.3 Å². The molecule has 26 heavy (non-hydrogen) atoms. The number of thiophene rings is 1. The average Bonchev–Trinajstić information content (AvgIpc) is 2.93. The van der Waals surface area contributed by atoms with Crippen LogP contribution in [0.5, 0.6) is 0 Å². The second-order valence-electron chi connectivity index (χ2n) is 5.69. The van der Waals surface area contributed by atoms with Crippen molar-refractivity contribution in [3.8, 4) is 0 Å². The number of carboxylic acid groups (broad SMARTS) is 2. The highest BCUT2D eigenvalue weighted by molar-refractivity contribution is 7.18. The number of carboxylic acids is 2. The first-order chi connectivity index (χ1) is 12.4. The molecule has 0 bridgehead atoms. The van der Waals surface area contributed by atoms with Crippen molar-refractivity contribution >= 4 is 34.4 Å². The summed E-state index contributed by atoms with van der Waals surface area (Å²) in [5.74, 6) is -2.62. The highest BCUT2D eigenvalue weighted by Crippen LogP contribution is 2.34. The van der Waals surface area contributed by atoms with E-state index in [0.717, 1.165) is 32.1 Å². The van der Waals surface area contributed by atoms with Gasteiger partial charge in [-0.3, -0.25) is 5.32 Å². The molecule has 9 heteroatoms. The van der Waals surface area contributed by atoms with Gasteiger partial charge in [0.2, 0.25) is 0 Å². The number of rotatable bonds is 12. The fourth-order valence-electron chi connectivity index (χ4n) is 2.41. The SMILES string of the molecule is CCCCCCCCOC(=O)Nc1sc(C(=O)O)c(COC)c1C(=O)O. The molecule has 0 spiro atoms. The predicted molar refractivity (Wildman–Crippen MR) is 97.3 cm³/mol. The molecule has 0 fully saturated rings.